The molecule has 0 aliphatic carbocycles. The number of halogens is 2. The van der Waals surface area contributed by atoms with Crippen LogP contribution in [0.15, 0.2) is 24.3 Å². The van der Waals surface area contributed by atoms with Crippen molar-refractivity contribution in [2.24, 2.45) is 0 Å². The molecule has 1 aliphatic rings. The van der Waals surface area contributed by atoms with E-state index >= 15 is 0 Å². The highest BCUT2D eigenvalue weighted by atomic mass is 35.5. The summed E-state index contributed by atoms with van der Waals surface area (Å²) in [5, 5.41) is 9.12. The molecule has 0 spiro atoms. The lowest BCUT2D eigenvalue weighted by Gasteiger charge is -2.34. The van der Waals surface area contributed by atoms with Crippen molar-refractivity contribution in [3.63, 3.8) is 0 Å². The lowest BCUT2D eigenvalue weighted by molar-refractivity contribution is -0.147. The number of piperidine rings is 1. The molecule has 23 heavy (non-hydrogen) atoms. The molecule has 0 atom stereocenters. The fraction of sp³-hybridized carbons (Fsp3) is 0.467. The van der Waals surface area contributed by atoms with E-state index in [1.807, 2.05) is 0 Å². The number of hydrogen-bond donors (Lipinski definition) is 3. The van der Waals surface area contributed by atoms with Crippen LogP contribution in [0, 0.1) is 0 Å². The number of methoxy groups -OCH3 is 1. The van der Waals surface area contributed by atoms with E-state index in [-0.39, 0.29) is 30.8 Å². The van der Waals surface area contributed by atoms with Gasteiger partial charge in [0.15, 0.2) is 0 Å². The van der Waals surface area contributed by atoms with Crippen LogP contribution in [0.2, 0.25) is 5.02 Å². The van der Waals surface area contributed by atoms with E-state index < -0.39 is 5.60 Å². The average molecular weight is 362 g/mol. The fourth-order valence-electron chi connectivity index (χ4n) is 2.41. The molecule has 1 aromatic rings. The molecule has 1 fully saturated rings. The van der Waals surface area contributed by atoms with Gasteiger partial charge in [0.05, 0.1) is 6.54 Å². The second kappa shape index (κ2) is 9.08. The number of benzene rings is 1. The standard InChI is InChI=1S/C15H20ClN3O3.ClH/c1-22-15(6-8-17-9-7-15)14(21)18-10-13(20)19-12-4-2-11(16)3-5-12;/h2-5,17H,6-10H2,1H3,(H,18,21)(H,19,20);1H. The van der Waals surface area contributed by atoms with Gasteiger partial charge in [-0.15, -0.1) is 12.4 Å². The summed E-state index contributed by atoms with van der Waals surface area (Å²) in [4.78, 5) is 24.2. The van der Waals surface area contributed by atoms with Gasteiger partial charge in [-0.05, 0) is 50.2 Å². The minimum Gasteiger partial charge on any atom is -0.368 e. The summed E-state index contributed by atoms with van der Waals surface area (Å²) in [6.07, 6.45) is 1.18. The molecule has 0 saturated carbocycles. The Morgan fingerprint density at radius 1 is 1.26 bits per heavy atom. The normalized spacial score (nSPS) is 16.1. The van der Waals surface area contributed by atoms with E-state index in [2.05, 4.69) is 16.0 Å². The van der Waals surface area contributed by atoms with E-state index in [1.54, 1.807) is 24.3 Å². The zero-order valence-electron chi connectivity index (χ0n) is 12.9. The summed E-state index contributed by atoms with van der Waals surface area (Å²) in [6, 6.07) is 6.77. The number of amides is 2. The molecule has 1 saturated heterocycles. The van der Waals surface area contributed by atoms with Crippen molar-refractivity contribution in [2.45, 2.75) is 18.4 Å². The first-order valence-corrected chi connectivity index (χ1v) is 7.53. The van der Waals surface area contributed by atoms with Crippen molar-refractivity contribution in [2.75, 3.05) is 32.1 Å². The maximum absolute atomic E-state index is 12.3. The van der Waals surface area contributed by atoms with Crippen molar-refractivity contribution in [1.82, 2.24) is 10.6 Å². The van der Waals surface area contributed by atoms with Gasteiger partial charge in [-0.2, -0.15) is 0 Å². The summed E-state index contributed by atoms with van der Waals surface area (Å²) in [5.74, 6) is -0.543. The Kier molecular flexibility index (Phi) is 7.78. The molecule has 2 amide bonds. The van der Waals surface area contributed by atoms with Crippen LogP contribution in [0.3, 0.4) is 0 Å². The third-order valence-corrected chi connectivity index (χ3v) is 4.01. The average Bonchev–Trinajstić information content (AvgIpc) is 2.55. The van der Waals surface area contributed by atoms with Crippen LogP contribution in [0.4, 0.5) is 5.69 Å². The molecule has 128 valence electrons. The van der Waals surface area contributed by atoms with Crippen molar-refractivity contribution in [3.8, 4) is 0 Å². The van der Waals surface area contributed by atoms with Crippen molar-refractivity contribution < 1.29 is 14.3 Å². The monoisotopic (exact) mass is 361 g/mol. The number of carbonyl (C=O) groups is 2. The van der Waals surface area contributed by atoms with Gasteiger partial charge in [0.2, 0.25) is 5.91 Å². The van der Waals surface area contributed by atoms with Crippen molar-refractivity contribution in [3.05, 3.63) is 29.3 Å². The van der Waals surface area contributed by atoms with Crippen LogP contribution in [0.1, 0.15) is 12.8 Å². The van der Waals surface area contributed by atoms with Crippen LogP contribution in [0.5, 0.6) is 0 Å². The molecule has 0 aromatic heterocycles. The lowest BCUT2D eigenvalue weighted by atomic mass is 9.91. The highest BCUT2D eigenvalue weighted by Crippen LogP contribution is 2.22. The first-order valence-electron chi connectivity index (χ1n) is 7.15. The molecule has 0 unspecified atom stereocenters. The molecule has 3 N–H and O–H groups in total. The Morgan fingerprint density at radius 2 is 1.87 bits per heavy atom. The Balaban J connectivity index is 0.00000264. The van der Waals surface area contributed by atoms with Gasteiger partial charge >= 0.3 is 0 Å². The Bertz CT molecular complexity index is 531. The van der Waals surface area contributed by atoms with Crippen LogP contribution in [0.25, 0.3) is 0 Å². The molecule has 1 heterocycles. The van der Waals surface area contributed by atoms with Gasteiger partial charge < -0.3 is 20.7 Å². The first-order chi connectivity index (χ1) is 10.6. The van der Waals surface area contributed by atoms with Crippen molar-refractivity contribution in [1.29, 1.82) is 0 Å². The van der Waals surface area contributed by atoms with E-state index in [9.17, 15) is 9.59 Å². The number of rotatable bonds is 5. The highest BCUT2D eigenvalue weighted by Gasteiger charge is 2.39. The molecule has 2 rings (SSSR count). The van der Waals surface area contributed by atoms with Crippen molar-refractivity contribution >= 4 is 41.5 Å². The van der Waals surface area contributed by atoms with E-state index in [4.69, 9.17) is 16.3 Å². The molecular weight excluding hydrogens is 341 g/mol. The summed E-state index contributed by atoms with van der Waals surface area (Å²) < 4.78 is 5.41. The van der Waals surface area contributed by atoms with Gasteiger partial charge in [-0.3, -0.25) is 9.59 Å². The molecule has 8 heteroatoms. The highest BCUT2D eigenvalue weighted by molar-refractivity contribution is 6.30. The van der Waals surface area contributed by atoms with Crippen LogP contribution in [-0.4, -0.2) is 44.2 Å². The second-order valence-corrected chi connectivity index (χ2v) is 5.62. The molecule has 0 bridgehead atoms. The minimum atomic E-state index is -0.841. The number of nitrogens with one attached hydrogen (secondary N) is 3. The maximum Gasteiger partial charge on any atom is 0.252 e. The van der Waals surface area contributed by atoms with Crippen LogP contribution in [-0.2, 0) is 14.3 Å². The maximum atomic E-state index is 12.3. The quantitative estimate of drug-likeness (QED) is 0.743. The fourth-order valence-corrected chi connectivity index (χ4v) is 2.54. The SMILES string of the molecule is COC1(C(=O)NCC(=O)Nc2ccc(Cl)cc2)CCNCC1.Cl. The van der Waals surface area contributed by atoms with Gasteiger partial charge in [0, 0.05) is 17.8 Å². The first kappa shape index (κ1) is 19.7. The Morgan fingerprint density at radius 3 is 2.43 bits per heavy atom. The van der Waals surface area contributed by atoms with Gasteiger partial charge in [0.1, 0.15) is 5.60 Å². The van der Waals surface area contributed by atoms with Gasteiger partial charge in [-0.1, -0.05) is 11.6 Å². The zero-order chi connectivity index (χ0) is 16.0. The number of anilines is 1. The van der Waals surface area contributed by atoms with Gasteiger partial charge in [-0.25, -0.2) is 0 Å². The van der Waals surface area contributed by atoms with E-state index in [0.29, 0.717) is 23.6 Å². The Hall–Kier alpha value is -1.34. The van der Waals surface area contributed by atoms with Crippen LogP contribution >= 0.6 is 24.0 Å². The number of ether oxygens (including phenoxy) is 1. The van der Waals surface area contributed by atoms with Gasteiger partial charge in [0.25, 0.3) is 5.91 Å². The smallest absolute Gasteiger partial charge is 0.252 e. The number of carbonyl (C=O) groups excluding carboxylic acids is 2. The lowest BCUT2D eigenvalue weighted by Crippen LogP contribution is -2.55. The molecule has 1 aliphatic heterocycles. The summed E-state index contributed by atoms with van der Waals surface area (Å²) in [6.45, 7) is 1.34. The molecule has 1 aromatic carbocycles. The van der Waals surface area contributed by atoms with E-state index in [1.165, 1.54) is 7.11 Å². The predicted octanol–water partition coefficient (Wildman–Crippen LogP) is 1.59. The zero-order valence-corrected chi connectivity index (χ0v) is 14.4. The van der Waals surface area contributed by atoms with E-state index in [0.717, 1.165) is 13.1 Å². The Labute approximate surface area is 146 Å². The minimum absolute atomic E-state index is 0. The third kappa shape index (κ3) is 5.35. The summed E-state index contributed by atoms with van der Waals surface area (Å²) in [7, 11) is 1.53. The molecule has 0 radical (unpaired) electrons. The largest absolute Gasteiger partial charge is 0.368 e. The topological polar surface area (TPSA) is 79.5 Å². The third-order valence-electron chi connectivity index (χ3n) is 3.75. The number of hydrogen-bond acceptors (Lipinski definition) is 4. The predicted molar refractivity (Wildman–Crippen MR) is 92.2 cm³/mol. The summed E-state index contributed by atoms with van der Waals surface area (Å²) >= 11 is 5.78. The van der Waals surface area contributed by atoms with Crippen LogP contribution < -0.4 is 16.0 Å². The molecule has 6 nitrogen and oxygen atoms in total. The molecular formula is C15H21Cl2N3O3. The summed E-state index contributed by atoms with van der Waals surface area (Å²) in [5.41, 5.74) is -0.210. The second-order valence-electron chi connectivity index (χ2n) is 5.19.